The number of para-hydroxylation sites is 2. The first-order valence-electron chi connectivity index (χ1n) is 10.4. The molecular weight excluding hydrogens is 539 g/mol. The molecule has 176 valence electrons. The number of aliphatic imine (C=N–C) groups is 1. The highest BCUT2D eigenvalue weighted by Crippen LogP contribution is 2.31. The van der Waals surface area contributed by atoms with E-state index in [0.29, 0.717) is 17.4 Å². The second kappa shape index (κ2) is 11.7. The summed E-state index contributed by atoms with van der Waals surface area (Å²) in [6.45, 7) is 5.20. The van der Waals surface area contributed by atoms with Crippen LogP contribution in [-0.2, 0) is 16.4 Å². The van der Waals surface area contributed by atoms with Gasteiger partial charge in [-0.15, -0.1) is 24.0 Å². The van der Waals surface area contributed by atoms with Crippen LogP contribution in [0, 0.1) is 12.8 Å². The van der Waals surface area contributed by atoms with Gasteiger partial charge in [0.25, 0.3) is 0 Å². The van der Waals surface area contributed by atoms with E-state index in [0.717, 1.165) is 54.6 Å². The molecule has 3 rings (SSSR count). The van der Waals surface area contributed by atoms with E-state index in [-0.39, 0.29) is 24.0 Å². The van der Waals surface area contributed by atoms with E-state index < -0.39 is 9.84 Å². The molecule has 0 aliphatic carbocycles. The topological polar surface area (TPSA) is 83.0 Å². The molecule has 7 nitrogen and oxygen atoms in total. The Morgan fingerprint density at radius 2 is 1.97 bits per heavy atom. The van der Waals surface area contributed by atoms with Crippen LogP contribution in [0.5, 0.6) is 5.75 Å². The summed E-state index contributed by atoms with van der Waals surface area (Å²) in [4.78, 5) is 7.06. The zero-order valence-corrected chi connectivity index (χ0v) is 22.2. The summed E-state index contributed by atoms with van der Waals surface area (Å²) in [5.41, 5.74) is 2.91. The van der Waals surface area contributed by atoms with Gasteiger partial charge in [-0.2, -0.15) is 0 Å². The van der Waals surface area contributed by atoms with E-state index in [9.17, 15) is 8.42 Å². The number of nitrogens with one attached hydrogen (secondary N) is 2. The molecule has 0 bridgehead atoms. The number of nitrogens with zero attached hydrogens (tertiary/aromatic N) is 2. The molecule has 1 atom stereocenters. The number of aryl methyl sites for hydroxylation is 1. The fourth-order valence-electron chi connectivity index (χ4n) is 3.99. The van der Waals surface area contributed by atoms with Crippen molar-refractivity contribution in [2.75, 3.05) is 44.9 Å². The molecule has 2 aromatic carbocycles. The fraction of sp³-hybridized carbons (Fsp3) is 0.435. The molecule has 0 aromatic heterocycles. The maximum Gasteiger partial charge on any atom is 0.191 e. The van der Waals surface area contributed by atoms with Gasteiger partial charge in [0.1, 0.15) is 5.75 Å². The molecule has 1 saturated heterocycles. The number of sulfone groups is 1. The molecule has 1 aliphatic rings. The lowest BCUT2D eigenvalue weighted by Gasteiger charge is -2.21. The Balaban J connectivity index is 0.00000363. The second-order valence-corrected chi connectivity index (χ2v) is 9.94. The van der Waals surface area contributed by atoms with Gasteiger partial charge in [-0.3, -0.25) is 4.99 Å². The molecule has 1 unspecified atom stereocenters. The van der Waals surface area contributed by atoms with Crippen LogP contribution >= 0.6 is 24.0 Å². The van der Waals surface area contributed by atoms with Gasteiger partial charge in [0.15, 0.2) is 15.8 Å². The predicted octanol–water partition coefficient (Wildman–Crippen LogP) is 3.22. The van der Waals surface area contributed by atoms with Crippen LogP contribution in [0.15, 0.2) is 52.4 Å². The number of guanidine groups is 1. The lowest BCUT2D eigenvalue weighted by Crippen LogP contribution is -2.40. The van der Waals surface area contributed by atoms with Gasteiger partial charge in [-0.1, -0.05) is 24.3 Å². The van der Waals surface area contributed by atoms with Crippen LogP contribution in [0.4, 0.5) is 5.69 Å². The highest BCUT2D eigenvalue weighted by Gasteiger charge is 2.24. The Kier molecular flexibility index (Phi) is 9.63. The number of methoxy groups -OCH3 is 1. The number of hydrogen-bond donors (Lipinski definition) is 2. The first-order valence-corrected chi connectivity index (χ1v) is 12.3. The van der Waals surface area contributed by atoms with Crippen LogP contribution in [0.3, 0.4) is 0 Å². The summed E-state index contributed by atoms with van der Waals surface area (Å²) in [5.74, 6) is 2.16. The van der Waals surface area contributed by atoms with E-state index in [1.807, 2.05) is 37.3 Å². The van der Waals surface area contributed by atoms with Crippen molar-refractivity contribution in [3.8, 4) is 5.75 Å². The number of anilines is 1. The van der Waals surface area contributed by atoms with Crippen molar-refractivity contribution >= 4 is 45.5 Å². The van der Waals surface area contributed by atoms with Crippen molar-refractivity contribution in [1.82, 2.24) is 10.6 Å². The molecule has 1 heterocycles. The summed E-state index contributed by atoms with van der Waals surface area (Å²) in [6, 6.07) is 13.5. The first-order chi connectivity index (χ1) is 14.8. The summed E-state index contributed by atoms with van der Waals surface area (Å²) in [6.07, 6.45) is 2.34. The quantitative estimate of drug-likeness (QED) is 0.301. The van der Waals surface area contributed by atoms with Gasteiger partial charge in [-0.05, 0) is 48.6 Å². The summed E-state index contributed by atoms with van der Waals surface area (Å²) in [5, 5.41) is 6.73. The molecule has 2 N–H and O–H groups in total. The molecule has 0 radical (unpaired) electrons. The van der Waals surface area contributed by atoms with Gasteiger partial charge in [-0.25, -0.2) is 8.42 Å². The lowest BCUT2D eigenvalue weighted by molar-refractivity contribution is 0.414. The molecule has 1 fully saturated rings. The Bertz CT molecular complexity index is 1040. The van der Waals surface area contributed by atoms with Crippen LogP contribution in [-0.4, -0.2) is 54.4 Å². The maximum absolute atomic E-state index is 11.8. The molecule has 1 aliphatic heterocycles. The zero-order chi connectivity index (χ0) is 22.4. The lowest BCUT2D eigenvalue weighted by atomic mass is 10.1. The highest BCUT2D eigenvalue weighted by molar-refractivity contribution is 14.0. The number of rotatable bonds is 7. The van der Waals surface area contributed by atoms with Gasteiger partial charge in [0.05, 0.1) is 17.7 Å². The molecule has 0 saturated carbocycles. The van der Waals surface area contributed by atoms with Gasteiger partial charge in [0, 0.05) is 39.5 Å². The van der Waals surface area contributed by atoms with Crippen molar-refractivity contribution in [3.63, 3.8) is 0 Å². The van der Waals surface area contributed by atoms with Crippen molar-refractivity contribution in [2.45, 2.75) is 24.8 Å². The monoisotopic (exact) mass is 572 g/mol. The second-order valence-electron chi connectivity index (χ2n) is 7.95. The maximum atomic E-state index is 11.8. The average molecular weight is 573 g/mol. The molecule has 32 heavy (non-hydrogen) atoms. The molecule has 0 spiro atoms. The molecule has 2 aromatic rings. The van der Waals surface area contributed by atoms with Crippen molar-refractivity contribution in [2.24, 2.45) is 10.9 Å². The van der Waals surface area contributed by atoms with E-state index in [1.54, 1.807) is 20.2 Å². The van der Waals surface area contributed by atoms with E-state index >= 15 is 0 Å². The minimum absolute atomic E-state index is 0. The molecular formula is C23H33IN4O3S. The number of halogens is 1. The minimum Gasteiger partial charge on any atom is -0.495 e. The highest BCUT2D eigenvalue weighted by atomic mass is 127. The van der Waals surface area contributed by atoms with Gasteiger partial charge < -0.3 is 20.3 Å². The summed E-state index contributed by atoms with van der Waals surface area (Å²) >= 11 is 0. The fourth-order valence-corrected chi connectivity index (χ4v) is 4.95. The third-order valence-electron chi connectivity index (χ3n) is 5.59. The van der Waals surface area contributed by atoms with Crippen LogP contribution in [0.1, 0.15) is 17.5 Å². The standard InChI is InChI=1S/C23H32N4O3S.HI/c1-17-13-18(9-10-22(17)31(4,28)29)14-25-23(24-2)26-15-19-11-12-27(16-19)20-7-5-6-8-21(20)30-3;/h5-10,13,19H,11-12,14-16H2,1-4H3,(H2,24,25,26);1H. The molecule has 9 heteroatoms. The number of hydrogen-bond acceptors (Lipinski definition) is 5. The Labute approximate surface area is 208 Å². The number of benzene rings is 2. The predicted molar refractivity (Wildman–Crippen MR) is 141 cm³/mol. The smallest absolute Gasteiger partial charge is 0.191 e. The largest absolute Gasteiger partial charge is 0.495 e. The van der Waals surface area contributed by atoms with Crippen molar-refractivity contribution < 1.29 is 13.2 Å². The van der Waals surface area contributed by atoms with Gasteiger partial charge >= 0.3 is 0 Å². The van der Waals surface area contributed by atoms with E-state index in [4.69, 9.17) is 4.74 Å². The zero-order valence-electron chi connectivity index (χ0n) is 19.1. The third kappa shape index (κ3) is 6.74. The average Bonchev–Trinajstić information content (AvgIpc) is 3.21. The molecule has 0 amide bonds. The van der Waals surface area contributed by atoms with Crippen LogP contribution in [0.25, 0.3) is 0 Å². The SMILES string of the molecule is CN=C(NCc1ccc(S(C)(=O)=O)c(C)c1)NCC1CCN(c2ccccc2OC)C1.I. The normalized spacial score (nSPS) is 16.4. The summed E-state index contributed by atoms with van der Waals surface area (Å²) < 4.78 is 29.1. The van der Waals surface area contributed by atoms with Gasteiger partial charge in [0.2, 0.25) is 0 Å². The van der Waals surface area contributed by atoms with Crippen molar-refractivity contribution in [1.29, 1.82) is 0 Å². The van der Waals surface area contributed by atoms with Crippen LogP contribution in [0.2, 0.25) is 0 Å². The van der Waals surface area contributed by atoms with Crippen molar-refractivity contribution in [3.05, 3.63) is 53.6 Å². The Morgan fingerprint density at radius 1 is 1.22 bits per heavy atom. The minimum atomic E-state index is -3.20. The van der Waals surface area contributed by atoms with E-state index in [2.05, 4.69) is 26.6 Å². The van der Waals surface area contributed by atoms with E-state index in [1.165, 1.54) is 6.26 Å². The number of ether oxygens (including phenoxy) is 1. The third-order valence-corrected chi connectivity index (χ3v) is 6.85. The Morgan fingerprint density at radius 3 is 2.62 bits per heavy atom. The first kappa shape index (κ1) is 26.2. The van der Waals surface area contributed by atoms with Crippen LogP contribution < -0.4 is 20.3 Å². The Hall–Kier alpha value is -2.01. The summed E-state index contributed by atoms with van der Waals surface area (Å²) in [7, 11) is 0.259.